The Labute approximate surface area is 147 Å². The van der Waals surface area contributed by atoms with E-state index in [1.165, 1.54) is 18.2 Å². The summed E-state index contributed by atoms with van der Waals surface area (Å²) < 4.78 is 0. The zero-order chi connectivity index (χ0) is 17.8. The number of anilines is 1. The highest BCUT2D eigenvalue weighted by molar-refractivity contribution is 8.18. The summed E-state index contributed by atoms with van der Waals surface area (Å²) >= 11 is 0.859. The molecule has 25 heavy (non-hydrogen) atoms. The summed E-state index contributed by atoms with van der Waals surface area (Å²) in [5.74, 6) is -0.384. The lowest BCUT2D eigenvalue weighted by atomic mass is 10.2. The molecule has 1 aliphatic heterocycles. The maximum absolute atomic E-state index is 12.4. The molecule has 0 N–H and O–H groups in total. The van der Waals surface area contributed by atoms with E-state index in [2.05, 4.69) is 0 Å². The Hall–Kier alpha value is -3.19. The monoisotopic (exact) mass is 352 g/mol. The van der Waals surface area contributed by atoms with Gasteiger partial charge in [-0.2, -0.15) is 0 Å². The van der Waals surface area contributed by atoms with Gasteiger partial charge in [-0.25, -0.2) is 4.90 Å². The highest BCUT2D eigenvalue weighted by Crippen LogP contribution is 2.34. The number of carbonyl (C=O) groups is 2. The number of amides is 2. The van der Waals surface area contributed by atoms with Crippen molar-refractivity contribution in [1.29, 1.82) is 0 Å². The largest absolute Gasteiger partial charge is 0.298 e. The Balaban J connectivity index is 1.79. The number of carbonyl (C=O) groups excluding carboxylic acids is 2. The normalized spacial score (nSPS) is 16.2. The lowest BCUT2D eigenvalue weighted by molar-refractivity contribution is -0.384. The van der Waals surface area contributed by atoms with Crippen LogP contribution in [-0.2, 0) is 4.79 Å². The van der Waals surface area contributed by atoms with Crippen LogP contribution in [0.25, 0.3) is 6.08 Å². The number of hydrogen-bond donors (Lipinski definition) is 0. The third-order valence-electron chi connectivity index (χ3n) is 3.43. The van der Waals surface area contributed by atoms with Gasteiger partial charge >= 0.3 is 0 Å². The summed E-state index contributed by atoms with van der Waals surface area (Å²) in [6.07, 6.45) is 4.78. The second-order valence-corrected chi connectivity index (χ2v) is 6.08. The smallest absolute Gasteiger partial charge is 0.268 e. The molecule has 2 aromatic carbocycles. The van der Waals surface area contributed by atoms with Crippen molar-refractivity contribution < 1.29 is 14.5 Å². The highest BCUT2D eigenvalue weighted by Gasteiger charge is 2.35. The number of nitro groups is 1. The van der Waals surface area contributed by atoms with Crippen molar-refractivity contribution in [3.8, 4) is 0 Å². The van der Waals surface area contributed by atoms with E-state index in [0.717, 1.165) is 16.7 Å². The quantitative estimate of drug-likeness (QED) is 0.463. The summed E-state index contributed by atoms with van der Waals surface area (Å²) in [7, 11) is 0. The molecule has 0 bridgehead atoms. The van der Waals surface area contributed by atoms with Crippen LogP contribution in [0.15, 0.2) is 71.7 Å². The van der Waals surface area contributed by atoms with E-state index in [0.29, 0.717) is 16.2 Å². The molecule has 2 aromatic rings. The van der Waals surface area contributed by atoms with Gasteiger partial charge in [0.2, 0.25) is 0 Å². The molecular formula is C18H12N2O4S. The molecule has 1 fully saturated rings. The molecule has 1 heterocycles. The summed E-state index contributed by atoms with van der Waals surface area (Å²) in [5.41, 5.74) is 1.15. The lowest BCUT2D eigenvalue weighted by Gasteiger charge is -2.11. The number of benzene rings is 2. The molecule has 2 amide bonds. The van der Waals surface area contributed by atoms with Crippen LogP contribution in [0, 0.1) is 10.1 Å². The molecule has 0 unspecified atom stereocenters. The zero-order valence-corrected chi connectivity index (χ0v) is 13.7. The van der Waals surface area contributed by atoms with Gasteiger partial charge in [0.1, 0.15) is 0 Å². The number of thioether (sulfide) groups is 1. The number of imide groups is 1. The number of para-hydroxylation sites is 1. The van der Waals surface area contributed by atoms with Gasteiger partial charge in [0.05, 0.1) is 15.5 Å². The Morgan fingerprint density at radius 1 is 1.04 bits per heavy atom. The summed E-state index contributed by atoms with van der Waals surface area (Å²) in [4.78, 5) is 36.2. The third kappa shape index (κ3) is 3.67. The van der Waals surface area contributed by atoms with Crippen molar-refractivity contribution in [3.63, 3.8) is 0 Å². The van der Waals surface area contributed by atoms with E-state index in [1.54, 1.807) is 54.6 Å². The van der Waals surface area contributed by atoms with Crippen LogP contribution < -0.4 is 4.90 Å². The number of nitro benzene ring substituents is 1. The number of rotatable bonds is 4. The average molecular weight is 352 g/mol. The number of nitrogens with zero attached hydrogens (tertiary/aromatic N) is 2. The second-order valence-electron chi connectivity index (χ2n) is 5.09. The van der Waals surface area contributed by atoms with Gasteiger partial charge in [0.15, 0.2) is 0 Å². The first-order chi connectivity index (χ1) is 12.1. The molecule has 6 nitrogen and oxygen atoms in total. The van der Waals surface area contributed by atoms with E-state index >= 15 is 0 Å². The van der Waals surface area contributed by atoms with Crippen molar-refractivity contribution in [2.24, 2.45) is 0 Å². The standard InChI is InChI=1S/C18H12N2O4S/c21-17-16(25-18(22)19(17)14-8-2-1-3-9-14)11-5-7-13-6-4-10-15(12-13)20(23)24/h1-12H/b7-5-,16-11-. The molecule has 1 saturated heterocycles. The summed E-state index contributed by atoms with van der Waals surface area (Å²) in [5, 5.41) is 10.4. The van der Waals surface area contributed by atoms with Crippen LogP contribution in [0.1, 0.15) is 5.56 Å². The molecule has 0 aliphatic carbocycles. The molecule has 0 radical (unpaired) electrons. The molecule has 0 spiro atoms. The van der Waals surface area contributed by atoms with Crippen LogP contribution in [0.5, 0.6) is 0 Å². The van der Waals surface area contributed by atoms with Gasteiger partial charge in [0, 0.05) is 12.1 Å². The molecular weight excluding hydrogens is 340 g/mol. The fourth-order valence-electron chi connectivity index (χ4n) is 2.27. The number of non-ortho nitro benzene ring substituents is 1. The molecule has 7 heteroatoms. The van der Waals surface area contributed by atoms with Gasteiger partial charge in [-0.3, -0.25) is 19.7 Å². The predicted octanol–water partition coefficient (Wildman–Crippen LogP) is 4.39. The third-order valence-corrected chi connectivity index (χ3v) is 4.31. The maximum Gasteiger partial charge on any atom is 0.298 e. The molecule has 0 saturated carbocycles. The molecule has 0 aromatic heterocycles. The van der Waals surface area contributed by atoms with Crippen molar-refractivity contribution in [3.05, 3.63) is 87.3 Å². The summed E-state index contributed by atoms with van der Waals surface area (Å²) in [6.45, 7) is 0. The number of hydrogen-bond acceptors (Lipinski definition) is 5. The topological polar surface area (TPSA) is 80.5 Å². The number of allylic oxidation sites excluding steroid dienone is 2. The van der Waals surface area contributed by atoms with Gasteiger partial charge < -0.3 is 0 Å². The molecule has 124 valence electrons. The fourth-order valence-corrected chi connectivity index (χ4v) is 3.06. The minimum absolute atomic E-state index is 0.00782. The van der Waals surface area contributed by atoms with Crippen LogP contribution >= 0.6 is 11.8 Å². The minimum Gasteiger partial charge on any atom is -0.268 e. The highest BCUT2D eigenvalue weighted by atomic mass is 32.2. The van der Waals surface area contributed by atoms with E-state index in [4.69, 9.17) is 0 Å². The van der Waals surface area contributed by atoms with Crippen LogP contribution in [0.4, 0.5) is 16.2 Å². The van der Waals surface area contributed by atoms with Crippen molar-refractivity contribution in [1.82, 2.24) is 0 Å². The van der Waals surface area contributed by atoms with Crippen LogP contribution in [-0.4, -0.2) is 16.1 Å². The van der Waals surface area contributed by atoms with Crippen LogP contribution in [0.3, 0.4) is 0 Å². The first-order valence-electron chi connectivity index (χ1n) is 7.30. The Morgan fingerprint density at radius 3 is 2.52 bits per heavy atom. The first-order valence-corrected chi connectivity index (χ1v) is 8.12. The van der Waals surface area contributed by atoms with Crippen molar-refractivity contribution in [2.75, 3.05) is 4.90 Å². The van der Waals surface area contributed by atoms with E-state index in [9.17, 15) is 19.7 Å². The lowest BCUT2D eigenvalue weighted by Crippen LogP contribution is -2.27. The van der Waals surface area contributed by atoms with E-state index in [-0.39, 0.29) is 16.8 Å². The van der Waals surface area contributed by atoms with Gasteiger partial charge in [0.25, 0.3) is 16.8 Å². The zero-order valence-electron chi connectivity index (χ0n) is 12.9. The van der Waals surface area contributed by atoms with Gasteiger partial charge in [-0.1, -0.05) is 42.5 Å². The SMILES string of the molecule is O=C1S/C(=C\C=C/c2cccc([N+](=O)[O-])c2)C(=O)N1c1ccccc1. The molecule has 3 rings (SSSR count). The Morgan fingerprint density at radius 2 is 1.80 bits per heavy atom. The van der Waals surface area contributed by atoms with Gasteiger partial charge in [-0.15, -0.1) is 0 Å². The molecule has 1 aliphatic rings. The van der Waals surface area contributed by atoms with Crippen LogP contribution in [0.2, 0.25) is 0 Å². The maximum atomic E-state index is 12.4. The minimum atomic E-state index is -0.470. The first kappa shape index (κ1) is 16.7. The van der Waals surface area contributed by atoms with Gasteiger partial charge in [-0.05, 0) is 35.5 Å². The van der Waals surface area contributed by atoms with E-state index < -0.39 is 4.92 Å². The Bertz CT molecular complexity index is 906. The Kier molecular flexibility index (Phi) is 4.76. The average Bonchev–Trinajstić information content (AvgIpc) is 2.90. The van der Waals surface area contributed by atoms with E-state index in [1.807, 2.05) is 0 Å². The predicted molar refractivity (Wildman–Crippen MR) is 97.1 cm³/mol. The molecule has 0 atom stereocenters. The fraction of sp³-hybridized carbons (Fsp3) is 0. The van der Waals surface area contributed by atoms with Crippen molar-refractivity contribution in [2.45, 2.75) is 0 Å². The summed E-state index contributed by atoms with van der Waals surface area (Å²) in [6, 6.07) is 14.8. The van der Waals surface area contributed by atoms with Crippen molar-refractivity contribution >= 4 is 40.4 Å². The second kappa shape index (κ2) is 7.14.